The van der Waals surface area contributed by atoms with Crippen LogP contribution < -0.4 is 5.32 Å². The van der Waals surface area contributed by atoms with Crippen LogP contribution in [0.3, 0.4) is 0 Å². The van der Waals surface area contributed by atoms with E-state index in [9.17, 15) is 0 Å². The number of halogens is 2. The van der Waals surface area contributed by atoms with Crippen LogP contribution >= 0.6 is 23.2 Å². The summed E-state index contributed by atoms with van der Waals surface area (Å²) in [5.74, 6) is 0. The van der Waals surface area contributed by atoms with Gasteiger partial charge in [-0.3, -0.25) is 4.90 Å². The number of rotatable bonds is 6. The molecule has 1 aromatic carbocycles. The third-order valence-electron chi connectivity index (χ3n) is 3.74. The summed E-state index contributed by atoms with van der Waals surface area (Å²) in [7, 11) is 0. The second-order valence-corrected chi connectivity index (χ2v) is 6.05. The Bertz CT molecular complexity index is 403. The quantitative estimate of drug-likeness (QED) is 0.855. The average Bonchev–Trinajstić information content (AvgIpc) is 2.90. The summed E-state index contributed by atoms with van der Waals surface area (Å²) in [6.45, 7) is 6.51. The molecule has 0 aliphatic carbocycles. The van der Waals surface area contributed by atoms with E-state index in [0.29, 0.717) is 11.1 Å². The monoisotopic (exact) mass is 300 g/mol. The van der Waals surface area contributed by atoms with Crippen LogP contribution in [0.1, 0.15) is 31.7 Å². The van der Waals surface area contributed by atoms with Crippen molar-refractivity contribution in [3.05, 3.63) is 33.8 Å². The van der Waals surface area contributed by atoms with Crippen molar-refractivity contribution in [3.63, 3.8) is 0 Å². The van der Waals surface area contributed by atoms with Gasteiger partial charge in [-0.05, 0) is 43.6 Å². The summed E-state index contributed by atoms with van der Waals surface area (Å²) in [6.07, 6.45) is 3.70. The SMILES string of the molecule is CCCCN(Cc1ccc(Cl)cc1Cl)[C@H]1CCNC1. The highest BCUT2D eigenvalue weighted by Gasteiger charge is 2.22. The van der Waals surface area contributed by atoms with Crippen molar-refractivity contribution in [3.8, 4) is 0 Å². The zero-order valence-corrected chi connectivity index (χ0v) is 13.0. The molecule has 0 spiro atoms. The maximum Gasteiger partial charge on any atom is 0.0465 e. The smallest absolute Gasteiger partial charge is 0.0465 e. The standard InChI is InChI=1S/C15H22Cl2N2/c1-2-3-8-19(14-6-7-18-10-14)11-12-4-5-13(16)9-15(12)17/h4-5,9,14,18H,2-3,6-8,10-11H2,1H3/t14-/m0/s1. The lowest BCUT2D eigenvalue weighted by atomic mass is 10.1. The molecule has 1 atom stereocenters. The van der Waals surface area contributed by atoms with Crippen molar-refractivity contribution in [2.45, 2.75) is 38.8 Å². The number of benzene rings is 1. The van der Waals surface area contributed by atoms with E-state index in [-0.39, 0.29) is 0 Å². The highest BCUT2D eigenvalue weighted by atomic mass is 35.5. The second-order valence-electron chi connectivity index (χ2n) is 5.21. The fraction of sp³-hybridized carbons (Fsp3) is 0.600. The van der Waals surface area contributed by atoms with Gasteiger partial charge >= 0.3 is 0 Å². The number of nitrogens with zero attached hydrogens (tertiary/aromatic N) is 1. The molecule has 2 rings (SSSR count). The summed E-state index contributed by atoms with van der Waals surface area (Å²) < 4.78 is 0. The van der Waals surface area contributed by atoms with E-state index in [4.69, 9.17) is 23.2 Å². The van der Waals surface area contributed by atoms with E-state index < -0.39 is 0 Å². The van der Waals surface area contributed by atoms with Crippen molar-refractivity contribution in [1.82, 2.24) is 10.2 Å². The van der Waals surface area contributed by atoms with E-state index in [1.165, 1.54) is 24.8 Å². The molecule has 1 aliphatic rings. The van der Waals surface area contributed by atoms with Crippen molar-refractivity contribution in [2.24, 2.45) is 0 Å². The second kappa shape index (κ2) is 7.49. The lowest BCUT2D eigenvalue weighted by Crippen LogP contribution is -2.37. The molecule has 1 aromatic rings. The van der Waals surface area contributed by atoms with E-state index in [1.807, 2.05) is 18.2 Å². The molecule has 1 heterocycles. The molecule has 0 amide bonds. The molecule has 1 aliphatic heterocycles. The van der Waals surface area contributed by atoms with Gasteiger partial charge in [0.25, 0.3) is 0 Å². The van der Waals surface area contributed by atoms with Crippen molar-refractivity contribution in [2.75, 3.05) is 19.6 Å². The van der Waals surface area contributed by atoms with Gasteiger partial charge in [0.2, 0.25) is 0 Å². The van der Waals surface area contributed by atoms with Gasteiger partial charge in [0.1, 0.15) is 0 Å². The van der Waals surface area contributed by atoms with Crippen LogP contribution in [-0.2, 0) is 6.54 Å². The van der Waals surface area contributed by atoms with Gasteiger partial charge in [0, 0.05) is 29.2 Å². The van der Waals surface area contributed by atoms with Gasteiger partial charge in [-0.25, -0.2) is 0 Å². The molecule has 4 heteroatoms. The van der Waals surface area contributed by atoms with Gasteiger partial charge in [0.15, 0.2) is 0 Å². The first-order chi connectivity index (χ1) is 9.20. The first kappa shape index (κ1) is 15.1. The molecule has 1 N–H and O–H groups in total. The number of nitrogens with one attached hydrogen (secondary N) is 1. The summed E-state index contributed by atoms with van der Waals surface area (Å²) in [5.41, 5.74) is 1.18. The Morgan fingerprint density at radius 3 is 2.84 bits per heavy atom. The van der Waals surface area contributed by atoms with Crippen LogP contribution in [0.25, 0.3) is 0 Å². The Labute approximate surface area is 126 Å². The van der Waals surface area contributed by atoms with Crippen LogP contribution in [0.2, 0.25) is 10.0 Å². The molecule has 0 saturated carbocycles. The Kier molecular flexibility index (Phi) is 5.96. The maximum absolute atomic E-state index is 6.29. The molecule has 0 unspecified atom stereocenters. The maximum atomic E-state index is 6.29. The topological polar surface area (TPSA) is 15.3 Å². The predicted octanol–water partition coefficient (Wildman–Crippen LogP) is 3.96. The zero-order chi connectivity index (χ0) is 13.7. The largest absolute Gasteiger partial charge is 0.315 e. The minimum Gasteiger partial charge on any atom is -0.315 e. The molecule has 1 fully saturated rings. The zero-order valence-electron chi connectivity index (χ0n) is 11.5. The van der Waals surface area contributed by atoms with E-state index in [1.54, 1.807) is 0 Å². The average molecular weight is 301 g/mol. The molecule has 1 saturated heterocycles. The van der Waals surface area contributed by atoms with Crippen LogP contribution in [-0.4, -0.2) is 30.6 Å². The third-order valence-corrected chi connectivity index (χ3v) is 4.33. The Balaban J connectivity index is 2.05. The Morgan fingerprint density at radius 2 is 2.21 bits per heavy atom. The van der Waals surface area contributed by atoms with Gasteiger partial charge in [-0.1, -0.05) is 42.6 Å². The summed E-state index contributed by atoms with van der Waals surface area (Å²) in [6, 6.07) is 6.45. The molecular weight excluding hydrogens is 279 g/mol. The lowest BCUT2D eigenvalue weighted by Gasteiger charge is -2.28. The number of unbranched alkanes of at least 4 members (excludes halogenated alkanes) is 1. The molecule has 0 bridgehead atoms. The third kappa shape index (κ3) is 4.35. The highest BCUT2D eigenvalue weighted by Crippen LogP contribution is 2.24. The van der Waals surface area contributed by atoms with Crippen molar-refractivity contribution in [1.29, 1.82) is 0 Å². The molecule has 19 heavy (non-hydrogen) atoms. The molecule has 0 radical (unpaired) electrons. The van der Waals surface area contributed by atoms with Crippen molar-refractivity contribution < 1.29 is 0 Å². The number of hydrogen-bond acceptors (Lipinski definition) is 2. The minimum absolute atomic E-state index is 0.637. The van der Waals surface area contributed by atoms with Gasteiger partial charge in [-0.15, -0.1) is 0 Å². The van der Waals surface area contributed by atoms with Crippen LogP contribution in [0.4, 0.5) is 0 Å². The van der Waals surface area contributed by atoms with Gasteiger partial charge in [-0.2, -0.15) is 0 Å². The predicted molar refractivity (Wildman–Crippen MR) is 83.1 cm³/mol. The molecular formula is C15H22Cl2N2. The van der Waals surface area contributed by atoms with Crippen LogP contribution in [0, 0.1) is 0 Å². The fourth-order valence-corrected chi connectivity index (χ4v) is 3.04. The van der Waals surface area contributed by atoms with Crippen LogP contribution in [0.5, 0.6) is 0 Å². The molecule has 106 valence electrons. The molecule has 2 nitrogen and oxygen atoms in total. The highest BCUT2D eigenvalue weighted by molar-refractivity contribution is 6.35. The summed E-state index contributed by atoms with van der Waals surface area (Å²) in [4.78, 5) is 2.55. The number of hydrogen-bond donors (Lipinski definition) is 1. The molecule has 0 aromatic heterocycles. The Hall–Kier alpha value is -0.280. The summed E-state index contributed by atoms with van der Waals surface area (Å²) >= 11 is 12.2. The minimum atomic E-state index is 0.637. The first-order valence-electron chi connectivity index (χ1n) is 7.09. The van der Waals surface area contributed by atoms with E-state index in [2.05, 4.69) is 17.1 Å². The van der Waals surface area contributed by atoms with Gasteiger partial charge in [0.05, 0.1) is 0 Å². The Morgan fingerprint density at radius 1 is 1.37 bits per heavy atom. The fourth-order valence-electron chi connectivity index (χ4n) is 2.57. The normalized spacial score (nSPS) is 19.3. The van der Waals surface area contributed by atoms with Crippen molar-refractivity contribution >= 4 is 23.2 Å². The van der Waals surface area contributed by atoms with Crippen LogP contribution in [0.15, 0.2) is 18.2 Å². The first-order valence-corrected chi connectivity index (χ1v) is 7.85. The van der Waals surface area contributed by atoms with E-state index >= 15 is 0 Å². The lowest BCUT2D eigenvalue weighted by molar-refractivity contribution is 0.196. The summed E-state index contributed by atoms with van der Waals surface area (Å²) in [5, 5.41) is 4.93. The van der Waals surface area contributed by atoms with E-state index in [0.717, 1.165) is 31.2 Å². The van der Waals surface area contributed by atoms with Gasteiger partial charge < -0.3 is 5.32 Å².